The summed E-state index contributed by atoms with van der Waals surface area (Å²) in [7, 11) is -1.83. The second-order valence-corrected chi connectivity index (χ2v) is 8.27. The molecule has 0 aromatic carbocycles. The minimum Gasteiger partial charge on any atom is -0.356 e. The topological polar surface area (TPSA) is 66.5 Å². The quantitative estimate of drug-likeness (QED) is 0.709. The SMILES string of the molecule is CCS(=O)(=O)N(C)CCCNC(=O)C1CCCCC1C(F)(F)F. The van der Waals surface area contributed by atoms with Gasteiger partial charge in [0.2, 0.25) is 15.9 Å². The fourth-order valence-electron chi connectivity index (χ4n) is 2.84. The van der Waals surface area contributed by atoms with Gasteiger partial charge in [0, 0.05) is 26.1 Å². The van der Waals surface area contributed by atoms with Crippen molar-refractivity contribution < 1.29 is 26.4 Å². The fraction of sp³-hybridized carbons (Fsp3) is 0.929. The number of rotatable bonds is 7. The number of nitrogens with one attached hydrogen (secondary N) is 1. The first-order valence-electron chi connectivity index (χ1n) is 7.88. The highest BCUT2D eigenvalue weighted by Crippen LogP contribution is 2.41. The molecule has 0 aromatic heterocycles. The van der Waals surface area contributed by atoms with Crippen molar-refractivity contribution in [1.29, 1.82) is 0 Å². The zero-order valence-corrected chi connectivity index (χ0v) is 14.3. The monoisotopic (exact) mass is 358 g/mol. The van der Waals surface area contributed by atoms with Crippen LogP contribution in [-0.4, -0.2) is 50.7 Å². The molecule has 1 aliphatic rings. The van der Waals surface area contributed by atoms with Gasteiger partial charge in [-0.2, -0.15) is 13.2 Å². The lowest BCUT2D eigenvalue weighted by Gasteiger charge is -2.32. The van der Waals surface area contributed by atoms with Crippen LogP contribution in [0.3, 0.4) is 0 Å². The molecule has 0 heterocycles. The number of sulfonamides is 1. The number of halogens is 3. The van der Waals surface area contributed by atoms with Gasteiger partial charge in [-0.15, -0.1) is 0 Å². The number of carbonyl (C=O) groups excluding carboxylic acids is 1. The van der Waals surface area contributed by atoms with Crippen molar-refractivity contribution in [2.75, 3.05) is 25.9 Å². The lowest BCUT2D eigenvalue weighted by molar-refractivity contribution is -0.198. The van der Waals surface area contributed by atoms with Crippen LogP contribution in [0.25, 0.3) is 0 Å². The van der Waals surface area contributed by atoms with Crippen molar-refractivity contribution in [3.8, 4) is 0 Å². The minimum atomic E-state index is -4.35. The second-order valence-electron chi connectivity index (χ2n) is 5.91. The van der Waals surface area contributed by atoms with Gasteiger partial charge in [-0.3, -0.25) is 4.79 Å². The number of nitrogens with zero attached hydrogens (tertiary/aromatic N) is 1. The van der Waals surface area contributed by atoms with E-state index in [1.165, 1.54) is 18.3 Å². The Bertz CT molecular complexity index is 494. The van der Waals surface area contributed by atoms with Gasteiger partial charge < -0.3 is 5.32 Å². The fourth-order valence-corrected chi connectivity index (χ4v) is 3.69. The molecule has 1 fully saturated rings. The van der Waals surface area contributed by atoms with E-state index in [1.54, 1.807) is 0 Å². The maximum absolute atomic E-state index is 13.0. The van der Waals surface area contributed by atoms with Gasteiger partial charge in [-0.05, 0) is 26.2 Å². The molecular formula is C14H25F3N2O3S. The summed E-state index contributed by atoms with van der Waals surface area (Å²) >= 11 is 0. The number of hydrogen-bond acceptors (Lipinski definition) is 3. The highest BCUT2D eigenvalue weighted by Gasteiger charge is 2.47. The molecule has 0 bridgehead atoms. The predicted molar refractivity (Wildman–Crippen MR) is 81.2 cm³/mol. The molecule has 2 unspecified atom stereocenters. The highest BCUT2D eigenvalue weighted by atomic mass is 32.2. The Labute approximate surface area is 135 Å². The lowest BCUT2D eigenvalue weighted by Crippen LogP contribution is -2.43. The van der Waals surface area contributed by atoms with Crippen molar-refractivity contribution >= 4 is 15.9 Å². The molecule has 9 heteroatoms. The van der Waals surface area contributed by atoms with Crippen LogP contribution in [0, 0.1) is 11.8 Å². The van der Waals surface area contributed by atoms with Gasteiger partial charge >= 0.3 is 6.18 Å². The van der Waals surface area contributed by atoms with Crippen molar-refractivity contribution in [3.05, 3.63) is 0 Å². The molecule has 23 heavy (non-hydrogen) atoms. The van der Waals surface area contributed by atoms with Crippen LogP contribution < -0.4 is 5.32 Å². The third-order valence-electron chi connectivity index (χ3n) is 4.31. The summed E-state index contributed by atoms with van der Waals surface area (Å²) in [5, 5.41) is 2.52. The number of hydrogen-bond donors (Lipinski definition) is 1. The Kier molecular flexibility index (Phi) is 7.31. The van der Waals surface area contributed by atoms with E-state index in [-0.39, 0.29) is 31.7 Å². The molecule has 0 aromatic rings. The van der Waals surface area contributed by atoms with Gasteiger partial charge in [0.25, 0.3) is 0 Å². The smallest absolute Gasteiger partial charge is 0.356 e. The first kappa shape index (κ1) is 20.2. The largest absolute Gasteiger partial charge is 0.392 e. The van der Waals surface area contributed by atoms with Gasteiger partial charge in [-0.1, -0.05) is 12.8 Å². The Morgan fingerprint density at radius 1 is 1.26 bits per heavy atom. The van der Waals surface area contributed by atoms with E-state index in [0.29, 0.717) is 19.3 Å². The van der Waals surface area contributed by atoms with Gasteiger partial charge in [0.1, 0.15) is 0 Å². The van der Waals surface area contributed by atoms with E-state index >= 15 is 0 Å². The summed E-state index contributed by atoms with van der Waals surface area (Å²) in [4.78, 5) is 12.0. The van der Waals surface area contributed by atoms with E-state index < -0.39 is 33.9 Å². The third kappa shape index (κ3) is 5.95. The average molecular weight is 358 g/mol. The van der Waals surface area contributed by atoms with Crippen LogP contribution >= 0.6 is 0 Å². The van der Waals surface area contributed by atoms with Gasteiger partial charge in [0.05, 0.1) is 11.7 Å². The Morgan fingerprint density at radius 3 is 2.43 bits per heavy atom. The van der Waals surface area contributed by atoms with Crippen molar-refractivity contribution in [1.82, 2.24) is 9.62 Å². The summed E-state index contributed by atoms with van der Waals surface area (Å²) in [5.41, 5.74) is 0. The Morgan fingerprint density at radius 2 is 1.87 bits per heavy atom. The van der Waals surface area contributed by atoms with Crippen LogP contribution in [0.2, 0.25) is 0 Å². The lowest BCUT2D eigenvalue weighted by atomic mass is 9.78. The molecule has 0 aliphatic heterocycles. The minimum absolute atomic E-state index is 0.000925. The van der Waals surface area contributed by atoms with Crippen molar-refractivity contribution in [2.24, 2.45) is 11.8 Å². The molecule has 1 aliphatic carbocycles. The van der Waals surface area contributed by atoms with Crippen LogP contribution in [0.15, 0.2) is 0 Å². The maximum Gasteiger partial charge on any atom is 0.392 e. The Hall–Kier alpha value is -0.830. The maximum atomic E-state index is 13.0. The number of carbonyl (C=O) groups is 1. The highest BCUT2D eigenvalue weighted by molar-refractivity contribution is 7.89. The average Bonchev–Trinajstić information content (AvgIpc) is 2.50. The summed E-state index contributed by atoms with van der Waals surface area (Å²) in [5.74, 6) is -3.18. The second kappa shape index (κ2) is 8.32. The van der Waals surface area contributed by atoms with Crippen molar-refractivity contribution in [2.45, 2.75) is 45.2 Å². The molecule has 1 rings (SSSR count). The molecule has 5 nitrogen and oxygen atoms in total. The summed E-state index contributed by atoms with van der Waals surface area (Å²) in [6.07, 6.45) is -2.61. The molecule has 0 saturated heterocycles. The number of alkyl halides is 3. The molecule has 1 N–H and O–H groups in total. The summed E-state index contributed by atoms with van der Waals surface area (Å²) in [6, 6.07) is 0. The summed E-state index contributed by atoms with van der Waals surface area (Å²) in [6.45, 7) is 1.93. The Balaban J connectivity index is 2.44. The summed E-state index contributed by atoms with van der Waals surface area (Å²) < 4.78 is 63.2. The molecule has 1 saturated carbocycles. The van der Waals surface area contributed by atoms with Crippen LogP contribution in [0.5, 0.6) is 0 Å². The van der Waals surface area contributed by atoms with Crippen LogP contribution in [0.4, 0.5) is 13.2 Å². The standard InChI is InChI=1S/C14H25F3N2O3S/c1-3-23(21,22)19(2)10-6-9-18-13(20)11-7-4-5-8-12(11)14(15,16)17/h11-12H,3-10H2,1-2H3,(H,18,20). The van der Waals surface area contributed by atoms with E-state index in [9.17, 15) is 26.4 Å². The van der Waals surface area contributed by atoms with E-state index in [4.69, 9.17) is 0 Å². The molecule has 0 radical (unpaired) electrons. The predicted octanol–water partition coefficient (Wildman–Crippen LogP) is 2.14. The van der Waals surface area contributed by atoms with E-state index in [1.807, 2.05) is 0 Å². The molecule has 136 valence electrons. The normalized spacial score (nSPS) is 23.0. The molecular weight excluding hydrogens is 333 g/mol. The van der Waals surface area contributed by atoms with Crippen molar-refractivity contribution in [3.63, 3.8) is 0 Å². The van der Waals surface area contributed by atoms with Crippen LogP contribution in [-0.2, 0) is 14.8 Å². The first-order valence-corrected chi connectivity index (χ1v) is 9.49. The van der Waals surface area contributed by atoms with E-state index in [2.05, 4.69) is 5.32 Å². The third-order valence-corrected chi connectivity index (χ3v) is 6.17. The van der Waals surface area contributed by atoms with Crippen LogP contribution in [0.1, 0.15) is 39.0 Å². The van der Waals surface area contributed by atoms with E-state index in [0.717, 1.165) is 0 Å². The van der Waals surface area contributed by atoms with Gasteiger partial charge in [-0.25, -0.2) is 12.7 Å². The number of amides is 1. The molecule has 2 atom stereocenters. The zero-order valence-electron chi connectivity index (χ0n) is 13.5. The van der Waals surface area contributed by atoms with Gasteiger partial charge in [0.15, 0.2) is 0 Å². The molecule has 0 spiro atoms. The first-order chi connectivity index (χ1) is 10.6. The molecule has 1 amide bonds. The zero-order chi connectivity index (χ0) is 17.7.